The van der Waals surface area contributed by atoms with E-state index < -0.39 is 12.8 Å². The van der Waals surface area contributed by atoms with Crippen LogP contribution < -0.4 is 20.5 Å². The van der Waals surface area contributed by atoms with E-state index in [0.29, 0.717) is 24.2 Å². The van der Waals surface area contributed by atoms with Crippen molar-refractivity contribution in [2.24, 2.45) is 5.73 Å². The first-order valence-corrected chi connectivity index (χ1v) is 8.49. The molecular formula is C16H18F3N3O3S. The fourth-order valence-corrected chi connectivity index (χ4v) is 2.82. The molecule has 0 saturated heterocycles. The van der Waals surface area contributed by atoms with Crippen molar-refractivity contribution in [3.8, 4) is 11.5 Å². The number of hydrogen-bond donors (Lipinski definition) is 2. The second kappa shape index (κ2) is 8.86. The minimum atomic E-state index is -4.44. The number of ether oxygens (including phenoxy) is 2. The topological polar surface area (TPSA) is 86.5 Å². The lowest BCUT2D eigenvalue weighted by atomic mass is 10.2. The van der Waals surface area contributed by atoms with E-state index in [4.69, 9.17) is 15.2 Å². The van der Waals surface area contributed by atoms with Crippen LogP contribution in [0.4, 0.5) is 13.2 Å². The van der Waals surface area contributed by atoms with Gasteiger partial charge in [0.25, 0.3) is 5.91 Å². The number of thiazole rings is 1. The molecule has 3 N–H and O–H groups in total. The molecule has 0 spiro atoms. The largest absolute Gasteiger partial charge is 0.493 e. The number of carbonyl (C=O) groups excluding carboxylic acids is 1. The van der Waals surface area contributed by atoms with Crippen LogP contribution in [0, 0.1) is 0 Å². The van der Waals surface area contributed by atoms with Crippen LogP contribution in [0.25, 0.3) is 0 Å². The van der Waals surface area contributed by atoms with E-state index in [1.165, 1.54) is 30.6 Å². The monoisotopic (exact) mass is 389 g/mol. The molecule has 26 heavy (non-hydrogen) atoms. The first-order valence-electron chi connectivity index (χ1n) is 7.61. The molecule has 0 saturated carbocycles. The number of halogens is 3. The Morgan fingerprint density at radius 1 is 1.35 bits per heavy atom. The van der Waals surface area contributed by atoms with Gasteiger partial charge in [-0.2, -0.15) is 13.2 Å². The Bertz CT molecular complexity index is 750. The number of carbonyl (C=O) groups is 1. The number of benzene rings is 1. The second-order valence-corrected chi connectivity index (χ2v) is 6.18. The predicted octanol–water partition coefficient (Wildman–Crippen LogP) is 2.52. The molecule has 0 unspecified atom stereocenters. The van der Waals surface area contributed by atoms with Crippen molar-refractivity contribution in [2.75, 3.05) is 20.3 Å². The number of nitrogens with two attached hydrogens (primary N) is 1. The molecule has 0 fully saturated rings. The molecule has 0 radical (unpaired) electrons. The molecule has 0 atom stereocenters. The summed E-state index contributed by atoms with van der Waals surface area (Å²) >= 11 is 1.36. The molecular weight excluding hydrogens is 371 g/mol. The Labute approximate surface area is 152 Å². The standard InChI is InChI=1S/C16H18F3N3O3S/c1-24-13-6-10(2-3-12(13)25-9-16(17,18)19)7-21-15(23)11-8-26-14(22-11)4-5-20/h2-3,6,8H,4-5,7,9,20H2,1H3,(H,21,23). The normalized spacial score (nSPS) is 11.3. The predicted molar refractivity (Wildman–Crippen MR) is 90.6 cm³/mol. The van der Waals surface area contributed by atoms with Crippen molar-refractivity contribution in [1.29, 1.82) is 0 Å². The number of rotatable bonds is 8. The van der Waals surface area contributed by atoms with Crippen molar-refractivity contribution in [1.82, 2.24) is 10.3 Å². The van der Waals surface area contributed by atoms with Crippen molar-refractivity contribution < 1.29 is 27.4 Å². The lowest BCUT2D eigenvalue weighted by Crippen LogP contribution is -2.23. The molecule has 1 amide bonds. The van der Waals surface area contributed by atoms with Gasteiger partial charge in [-0.25, -0.2) is 4.98 Å². The third kappa shape index (κ3) is 5.88. The van der Waals surface area contributed by atoms with E-state index in [-0.39, 0.29) is 24.0 Å². The molecule has 142 valence electrons. The van der Waals surface area contributed by atoms with Gasteiger partial charge in [0.1, 0.15) is 5.69 Å². The van der Waals surface area contributed by atoms with Crippen LogP contribution in [0.3, 0.4) is 0 Å². The van der Waals surface area contributed by atoms with Gasteiger partial charge in [-0.15, -0.1) is 11.3 Å². The zero-order chi connectivity index (χ0) is 19.2. The maximum atomic E-state index is 12.3. The molecule has 6 nitrogen and oxygen atoms in total. The highest BCUT2D eigenvalue weighted by Crippen LogP contribution is 2.29. The van der Waals surface area contributed by atoms with Crippen LogP contribution >= 0.6 is 11.3 Å². The lowest BCUT2D eigenvalue weighted by molar-refractivity contribution is -0.153. The molecule has 0 aliphatic heterocycles. The summed E-state index contributed by atoms with van der Waals surface area (Å²) in [6.07, 6.45) is -3.83. The molecule has 1 aromatic heterocycles. The highest BCUT2D eigenvalue weighted by atomic mass is 32.1. The van der Waals surface area contributed by atoms with Gasteiger partial charge in [-0.05, 0) is 24.2 Å². The molecule has 0 aliphatic rings. The Balaban J connectivity index is 1.97. The summed E-state index contributed by atoms with van der Waals surface area (Å²) in [5.74, 6) is -0.216. The van der Waals surface area contributed by atoms with Gasteiger partial charge >= 0.3 is 6.18 Å². The summed E-state index contributed by atoms with van der Waals surface area (Å²) in [6.45, 7) is -0.788. The fourth-order valence-electron chi connectivity index (χ4n) is 2.03. The molecule has 2 rings (SSSR count). The Morgan fingerprint density at radius 3 is 2.77 bits per heavy atom. The maximum Gasteiger partial charge on any atom is 0.422 e. The zero-order valence-corrected chi connectivity index (χ0v) is 14.7. The second-order valence-electron chi connectivity index (χ2n) is 5.24. The van der Waals surface area contributed by atoms with Gasteiger partial charge in [0.2, 0.25) is 0 Å². The highest BCUT2D eigenvalue weighted by molar-refractivity contribution is 7.09. The molecule has 1 aromatic carbocycles. The van der Waals surface area contributed by atoms with Gasteiger partial charge in [0.15, 0.2) is 18.1 Å². The average molecular weight is 389 g/mol. The first kappa shape index (κ1) is 20.0. The average Bonchev–Trinajstić information content (AvgIpc) is 3.06. The molecule has 1 heterocycles. The van der Waals surface area contributed by atoms with Crippen LogP contribution in [-0.4, -0.2) is 37.3 Å². The van der Waals surface area contributed by atoms with Crippen molar-refractivity contribution >= 4 is 17.2 Å². The van der Waals surface area contributed by atoms with E-state index >= 15 is 0 Å². The van der Waals surface area contributed by atoms with Gasteiger partial charge in [-0.3, -0.25) is 4.79 Å². The smallest absolute Gasteiger partial charge is 0.422 e. The van der Waals surface area contributed by atoms with Crippen LogP contribution in [0.1, 0.15) is 21.1 Å². The number of hydrogen-bond acceptors (Lipinski definition) is 6. The van der Waals surface area contributed by atoms with Crippen molar-refractivity contribution in [3.63, 3.8) is 0 Å². The van der Waals surface area contributed by atoms with Crippen molar-refractivity contribution in [3.05, 3.63) is 39.8 Å². The van der Waals surface area contributed by atoms with E-state index in [2.05, 4.69) is 10.3 Å². The minimum Gasteiger partial charge on any atom is -0.493 e. The number of aromatic nitrogens is 1. The summed E-state index contributed by atoms with van der Waals surface area (Å²) in [4.78, 5) is 16.3. The van der Waals surface area contributed by atoms with E-state index in [0.717, 1.165) is 5.01 Å². The first-order chi connectivity index (χ1) is 12.3. The fraction of sp³-hybridized carbons (Fsp3) is 0.375. The highest BCUT2D eigenvalue weighted by Gasteiger charge is 2.29. The Morgan fingerprint density at radius 2 is 2.12 bits per heavy atom. The minimum absolute atomic E-state index is 0.0224. The SMILES string of the molecule is COc1cc(CNC(=O)c2csc(CCN)n2)ccc1OCC(F)(F)F. The zero-order valence-electron chi connectivity index (χ0n) is 13.9. The maximum absolute atomic E-state index is 12.3. The number of amides is 1. The molecule has 0 aliphatic carbocycles. The Hall–Kier alpha value is -2.33. The Kier molecular flexibility index (Phi) is 6.81. The van der Waals surface area contributed by atoms with Gasteiger partial charge < -0.3 is 20.5 Å². The van der Waals surface area contributed by atoms with Crippen LogP contribution in [0.5, 0.6) is 11.5 Å². The lowest BCUT2D eigenvalue weighted by Gasteiger charge is -2.13. The molecule has 0 bridgehead atoms. The summed E-state index contributed by atoms with van der Waals surface area (Å²) in [7, 11) is 1.33. The van der Waals surface area contributed by atoms with Gasteiger partial charge in [0.05, 0.1) is 12.1 Å². The number of nitrogens with one attached hydrogen (secondary N) is 1. The van der Waals surface area contributed by atoms with Crippen LogP contribution in [0.2, 0.25) is 0 Å². The number of nitrogens with zero attached hydrogens (tertiary/aromatic N) is 1. The van der Waals surface area contributed by atoms with E-state index in [1.54, 1.807) is 11.4 Å². The summed E-state index contributed by atoms with van der Waals surface area (Å²) in [5, 5.41) is 5.13. The van der Waals surface area contributed by atoms with Crippen molar-refractivity contribution in [2.45, 2.75) is 19.1 Å². The summed E-state index contributed by atoms with van der Waals surface area (Å²) in [5.41, 5.74) is 6.39. The third-order valence-electron chi connectivity index (χ3n) is 3.22. The molecule has 2 aromatic rings. The van der Waals surface area contributed by atoms with Crippen LogP contribution in [-0.2, 0) is 13.0 Å². The number of alkyl halides is 3. The van der Waals surface area contributed by atoms with Crippen LogP contribution in [0.15, 0.2) is 23.6 Å². The number of methoxy groups -OCH3 is 1. The van der Waals surface area contributed by atoms with E-state index in [9.17, 15) is 18.0 Å². The van der Waals surface area contributed by atoms with Gasteiger partial charge in [-0.1, -0.05) is 6.07 Å². The summed E-state index contributed by atoms with van der Waals surface area (Å²) in [6, 6.07) is 4.43. The summed E-state index contributed by atoms with van der Waals surface area (Å²) < 4.78 is 46.5. The molecule has 10 heteroatoms. The van der Waals surface area contributed by atoms with E-state index in [1.807, 2.05) is 0 Å². The van der Waals surface area contributed by atoms with Gasteiger partial charge in [0, 0.05) is 18.3 Å². The quantitative estimate of drug-likeness (QED) is 0.725. The third-order valence-corrected chi connectivity index (χ3v) is 4.12.